The van der Waals surface area contributed by atoms with Crippen LogP contribution in [0, 0.1) is 0 Å². The second-order valence-electron chi connectivity index (χ2n) is 2.82. The van der Waals surface area contributed by atoms with Crippen LogP contribution in [0.25, 0.3) is 0 Å². The monoisotopic (exact) mass is 295 g/mol. The first-order valence-corrected chi connectivity index (χ1v) is 8.76. The molecule has 0 aromatic heterocycles. The van der Waals surface area contributed by atoms with Crippen molar-refractivity contribution in [3.8, 4) is 0 Å². The van der Waals surface area contributed by atoms with E-state index >= 15 is 0 Å². The van der Waals surface area contributed by atoms with Gasteiger partial charge in [0.2, 0.25) is 11.8 Å². The van der Waals surface area contributed by atoms with E-state index in [1.54, 1.807) is 34.2 Å². The summed E-state index contributed by atoms with van der Waals surface area (Å²) in [5.41, 5.74) is 4.00. The molecule has 17 heavy (non-hydrogen) atoms. The van der Waals surface area contributed by atoms with E-state index < -0.39 is 0 Å². The molecule has 0 atom stereocenters. The molecule has 0 fully saturated rings. The zero-order chi connectivity index (χ0) is 12.9. The van der Waals surface area contributed by atoms with Crippen LogP contribution in [0.4, 0.5) is 0 Å². The van der Waals surface area contributed by atoms with E-state index in [-0.39, 0.29) is 11.8 Å². The van der Waals surface area contributed by atoms with Gasteiger partial charge in [0.25, 0.3) is 0 Å². The van der Waals surface area contributed by atoms with Crippen LogP contribution in [-0.2, 0) is 9.59 Å². The minimum atomic E-state index is -0.0882. The molecular formula is C9H17N3O2S3. The summed E-state index contributed by atoms with van der Waals surface area (Å²) in [4.78, 5) is 22.1. The SMILES string of the molecule is CNC(=O)CCSSCCC(=O)N/N=C/SC. The van der Waals surface area contributed by atoms with Crippen molar-refractivity contribution in [2.45, 2.75) is 12.8 Å². The van der Waals surface area contributed by atoms with Gasteiger partial charge < -0.3 is 5.32 Å². The van der Waals surface area contributed by atoms with Gasteiger partial charge in [-0.25, -0.2) is 5.43 Å². The summed E-state index contributed by atoms with van der Waals surface area (Å²) < 4.78 is 0. The van der Waals surface area contributed by atoms with Gasteiger partial charge in [0.1, 0.15) is 0 Å². The molecule has 0 saturated heterocycles. The lowest BCUT2D eigenvalue weighted by molar-refractivity contribution is -0.121. The van der Waals surface area contributed by atoms with Crippen molar-refractivity contribution < 1.29 is 9.59 Å². The Morgan fingerprint density at radius 1 is 1.18 bits per heavy atom. The van der Waals surface area contributed by atoms with Crippen molar-refractivity contribution in [1.82, 2.24) is 10.7 Å². The Hall–Kier alpha value is -0.340. The van der Waals surface area contributed by atoms with Gasteiger partial charge in [-0.15, -0.1) is 11.8 Å². The van der Waals surface area contributed by atoms with E-state index in [1.165, 1.54) is 11.8 Å². The Balaban J connectivity index is 3.30. The number of hydrogen-bond donors (Lipinski definition) is 2. The predicted octanol–water partition coefficient (Wildman–Crippen LogP) is 1.32. The fraction of sp³-hybridized carbons (Fsp3) is 0.667. The van der Waals surface area contributed by atoms with Crippen LogP contribution in [0.1, 0.15) is 12.8 Å². The second-order valence-corrected chi connectivity index (χ2v) is 6.21. The molecule has 0 aliphatic heterocycles. The lowest BCUT2D eigenvalue weighted by Gasteiger charge is -2.00. The Morgan fingerprint density at radius 2 is 1.76 bits per heavy atom. The highest BCUT2D eigenvalue weighted by atomic mass is 33.1. The van der Waals surface area contributed by atoms with Crippen LogP contribution in [0.3, 0.4) is 0 Å². The number of carbonyl (C=O) groups excluding carboxylic acids is 2. The van der Waals surface area contributed by atoms with E-state index in [2.05, 4.69) is 15.8 Å². The molecule has 2 amide bonds. The predicted molar refractivity (Wildman–Crippen MR) is 78.4 cm³/mol. The molecule has 0 radical (unpaired) electrons. The van der Waals surface area contributed by atoms with Gasteiger partial charge in [-0.2, -0.15) is 5.10 Å². The molecule has 0 rings (SSSR count). The first kappa shape index (κ1) is 16.7. The maximum Gasteiger partial charge on any atom is 0.240 e. The van der Waals surface area contributed by atoms with Gasteiger partial charge in [0.15, 0.2) is 0 Å². The number of thioether (sulfide) groups is 1. The number of nitrogens with zero attached hydrogens (tertiary/aromatic N) is 1. The molecule has 0 saturated carbocycles. The molecule has 5 nitrogen and oxygen atoms in total. The smallest absolute Gasteiger partial charge is 0.240 e. The Labute approximate surface area is 114 Å². The van der Waals surface area contributed by atoms with Crippen molar-refractivity contribution in [3.05, 3.63) is 0 Å². The van der Waals surface area contributed by atoms with E-state index in [1.807, 2.05) is 6.26 Å². The fourth-order valence-electron chi connectivity index (χ4n) is 0.719. The van der Waals surface area contributed by atoms with Gasteiger partial charge in [0.05, 0.1) is 5.55 Å². The number of hydrazone groups is 1. The minimum Gasteiger partial charge on any atom is -0.359 e. The normalized spacial score (nSPS) is 10.5. The number of hydrogen-bond acceptors (Lipinski definition) is 6. The summed E-state index contributed by atoms with van der Waals surface area (Å²) in [6, 6.07) is 0. The molecule has 0 spiro atoms. The van der Waals surface area contributed by atoms with Crippen LogP contribution >= 0.6 is 33.3 Å². The third-order valence-corrected chi connectivity index (χ3v) is 4.26. The number of amides is 2. The number of nitrogens with one attached hydrogen (secondary N) is 2. The minimum absolute atomic E-state index is 0.0437. The largest absolute Gasteiger partial charge is 0.359 e. The molecule has 8 heteroatoms. The molecular weight excluding hydrogens is 278 g/mol. The average Bonchev–Trinajstić information content (AvgIpc) is 2.33. The van der Waals surface area contributed by atoms with Crippen molar-refractivity contribution in [1.29, 1.82) is 0 Å². The zero-order valence-electron chi connectivity index (χ0n) is 9.89. The second kappa shape index (κ2) is 12.1. The van der Waals surface area contributed by atoms with E-state index in [0.29, 0.717) is 12.8 Å². The zero-order valence-corrected chi connectivity index (χ0v) is 12.3. The summed E-state index contributed by atoms with van der Waals surface area (Å²) in [7, 11) is 4.82. The third-order valence-electron chi connectivity index (χ3n) is 1.53. The van der Waals surface area contributed by atoms with E-state index in [9.17, 15) is 9.59 Å². The topological polar surface area (TPSA) is 70.6 Å². The van der Waals surface area contributed by atoms with Gasteiger partial charge >= 0.3 is 0 Å². The van der Waals surface area contributed by atoms with Crippen molar-refractivity contribution in [3.63, 3.8) is 0 Å². The van der Waals surface area contributed by atoms with Crippen LogP contribution in [-0.4, -0.2) is 42.2 Å². The van der Waals surface area contributed by atoms with Gasteiger partial charge in [-0.05, 0) is 6.26 Å². The Morgan fingerprint density at radius 3 is 2.29 bits per heavy atom. The molecule has 98 valence electrons. The maximum absolute atomic E-state index is 11.2. The molecule has 2 N–H and O–H groups in total. The highest BCUT2D eigenvalue weighted by molar-refractivity contribution is 8.76. The standard InChI is InChI=1S/C9H17N3O2S3/c1-10-8(13)3-5-16-17-6-4-9(14)12-11-7-15-2/h7H,3-6H2,1-2H3,(H,10,13)(H,12,14)/b11-7+. The summed E-state index contributed by atoms with van der Waals surface area (Å²) in [5, 5.41) is 6.27. The molecule has 0 aliphatic rings. The number of rotatable bonds is 9. The van der Waals surface area contributed by atoms with Gasteiger partial charge in [0, 0.05) is 31.4 Å². The summed E-state index contributed by atoms with van der Waals surface area (Å²) in [6.07, 6.45) is 2.82. The van der Waals surface area contributed by atoms with E-state index in [4.69, 9.17) is 0 Å². The fourth-order valence-corrected chi connectivity index (χ4v) is 2.86. The molecule has 0 bridgehead atoms. The Bertz CT molecular complexity index is 262. The quantitative estimate of drug-likeness (QED) is 0.221. The highest BCUT2D eigenvalue weighted by Crippen LogP contribution is 2.22. The summed E-state index contributed by atoms with van der Waals surface area (Å²) in [6.45, 7) is 0. The maximum atomic E-state index is 11.2. The van der Waals surface area contributed by atoms with E-state index in [0.717, 1.165) is 11.5 Å². The lowest BCUT2D eigenvalue weighted by atomic mass is 10.5. The van der Waals surface area contributed by atoms with Crippen LogP contribution < -0.4 is 10.7 Å². The van der Waals surface area contributed by atoms with Crippen molar-refractivity contribution in [2.75, 3.05) is 24.8 Å². The third kappa shape index (κ3) is 11.9. The average molecular weight is 295 g/mol. The van der Waals surface area contributed by atoms with Crippen LogP contribution in [0.15, 0.2) is 5.10 Å². The molecule has 0 aromatic carbocycles. The van der Waals surface area contributed by atoms with Gasteiger partial charge in [-0.3, -0.25) is 9.59 Å². The lowest BCUT2D eigenvalue weighted by Crippen LogP contribution is -2.18. The number of carbonyl (C=O) groups is 2. The van der Waals surface area contributed by atoms with Crippen LogP contribution in [0.5, 0.6) is 0 Å². The first-order chi connectivity index (χ1) is 8.20. The molecule has 0 unspecified atom stereocenters. The molecule has 0 aromatic rings. The molecule has 0 heterocycles. The van der Waals surface area contributed by atoms with Crippen LogP contribution in [0.2, 0.25) is 0 Å². The molecule has 0 aliphatic carbocycles. The Kier molecular flexibility index (Phi) is 11.9. The van der Waals surface area contributed by atoms with Gasteiger partial charge in [-0.1, -0.05) is 21.6 Å². The summed E-state index contributed by atoms with van der Waals surface area (Å²) >= 11 is 1.43. The highest BCUT2D eigenvalue weighted by Gasteiger charge is 2.01. The summed E-state index contributed by atoms with van der Waals surface area (Å²) in [5.74, 6) is 1.44. The van der Waals surface area contributed by atoms with Crippen molar-refractivity contribution in [2.24, 2.45) is 5.10 Å². The van der Waals surface area contributed by atoms with Crippen molar-refractivity contribution >= 4 is 50.7 Å². The first-order valence-electron chi connectivity index (χ1n) is 4.99.